The second-order valence-corrected chi connectivity index (χ2v) is 9.11. The van der Waals surface area contributed by atoms with Gasteiger partial charge in [0.2, 0.25) is 11.8 Å². The maximum atomic E-state index is 13.0. The third-order valence-corrected chi connectivity index (χ3v) is 7.22. The van der Waals surface area contributed by atoms with Crippen LogP contribution in [0.25, 0.3) is 0 Å². The van der Waals surface area contributed by atoms with Crippen LogP contribution in [0, 0.1) is 6.92 Å². The van der Waals surface area contributed by atoms with Gasteiger partial charge < -0.3 is 0 Å². The molecule has 2 aromatic rings. The number of nitrogens with one attached hydrogen (secondary N) is 1. The lowest BCUT2D eigenvalue weighted by Crippen LogP contribution is -2.60. The van der Waals surface area contributed by atoms with E-state index in [1.807, 2.05) is 5.32 Å². The third kappa shape index (κ3) is 2.94. The minimum atomic E-state index is -4.13. The van der Waals surface area contributed by atoms with Crippen LogP contribution in [0.2, 0.25) is 0 Å². The summed E-state index contributed by atoms with van der Waals surface area (Å²) in [7, 11) is -4.13. The van der Waals surface area contributed by atoms with Crippen molar-refractivity contribution in [1.82, 2.24) is 10.2 Å². The molecule has 4 amide bonds. The maximum absolute atomic E-state index is 13.0. The van der Waals surface area contributed by atoms with Gasteiger partial charge in [0, 0.05) is 6.42 Å². The highest BCUT2D eigenvalue weighted by molar-refractivity contribution is 7.92. The number of benzene rings is 2. The van der Waals surface area contributed by atoms with Crippen molar-refractivity contribution in [1.29, 1.82) is 0 Å². The summed E-state index contributed by atoms with van der Waals surface area (Å²) in [5.74, 6) is -3.22. The molecular weight excluding hydrogens is 396 g/mol. The Balaban J connectivity index is 1.69. The van der Waals surface area contributed by atoms with Crippen molar-refractivity contribution in [3.05, 3.63) is 65.2 Å². The number of aryl methyl sites for hydroxylation is 1. The molecular formula is C20H16N2O6S. The van der Waals surface area contributed by atoms with E-state index in [0.717, 1.165) is 10.5 Å². The van der Waals surface area contributed by atoms with Gasteiger partial charge in [-0.05, 0) is 31.2 Å². The molecule has 0 aliphatic carbocycles. The summed E-state index contributed by atoms with van der Waals surface area (Å²) in [6.07, 6.45) is -0.494. The van der Waals surface area contributed by atoms with Crippen LogP contribution in [0.3, 0.4) is 0 Å². The van der Waals surface area contributed by atoms with Gasteiger partial charge in [-0.2, -0.15) is 0 Å². The largest absolute Gasteiger partial charge is 0.293 e. The van der Waals surface area contributed by atoms with Gasteiger partial charge in [-0.1, -0.05) is 29.8 Å². The van der Waals surface area contributed by atoms with E-state index in [9.17, 15) is 27.6 Å². The summed E-state index contributed by atoms with van der Waals surface area (Å²) in [6.45, 7) is 1.79. The molecule has 0 radical (unpaired) electrons. The first-order chi connectivity index (χ1) is 13.7. The number of sulfone groups is 1. The Bertz CT molecular complexity index is 1130. The Morgan fingerprint density at radius 3 is 1.97 bits per heavy atom. The number of rotatable bonds is 3. The summed E-state index contributed by atoms with van der Waals surface area (Å²) >= 11 is 0. The fourth-order valence-corrected chi connectivity index (χ4v) is 5.20. The van der Waals surface area contributed by atoms with Crippen LogP contribution in [0.5, 0.6) is 0 Å². The van der Waals surface area contributed by atoms with Crippen LogP contribution in [0.15, 0.2) is 53.4 Å². The number of fused-ring (bicyclic) bond motifs is 1. The van der Waals surface area contributed by atoms with E-state index in [2.05, 4.69) is 0 Å². The number of amides is 4. The Labute approximate surface area is 166 Å². The van der Waals surface area contributed by atoms with Crippen molar-refractivity contribution in [3.8, 4) is 0 Å². The van der Waals surface area contributed by atoms with Gasteiger partial charge in [-0.3, -0.25) is 29.4 Å². The van der Waals surface area contributed by atoms with Gasteiger partial charge in [0.15, 0.2) is 9.84 Å². The molecule has 2 heterocycles. The van der Waals surface area contributed by atoms with E-state index < -0.39 is 51.2 Å². The van der Waals surface area contributed by atoms with E-state index in [0.29, 0.717) is 0 Å². The standard InChI is InChI=1S/C20H16N2O6S/c1-11-6-8-12(9-7-11)29(27,28)16-10-15(17(23)21-18(16)24)22-19(25)13-4-2-3-5-14(13)20(22)26/h2-9,15-16H,10H2,1H3,(H,21,23,24)/t15?,16-/m1/s1. The topological polar surface area (TPSA) is 118 Å². The quantitative estimate of drug-likeness (QED) is 0.747. The highest BCUT2D eigenvalue weighted by Gasteiger charge is 2.50. The molecule has 1 fully saturated rings. The number of nitrogens with zero attached hydrogens (tertiary/aromatic N) is 1. The Morgan fingerprint density at radius 2 is 1.41 bits per heavy atom. The zero-order valence-corrected chi connectivity index (χ0v) is 16.1. The van der Waals surface area contributed by atoms with Crippen molar-refractivity contribution in [2.75, 3.05) is 0 Å². The molecule has 2 atom stereocenters. The summed E-state index contributed by atoms with van der Waals surface area (Å²) in [6, 6.07) is 10.7. The van der Waals surface area contributed by atoms with Crippen molar-refractivity contribution in [3.63, 3.8) is 0 Å². The van der Waals surface area contributed by atoms with Crippen LogP contribution >= 0.6 is 0 Å². The highest BCUT2D eigenvalue weighted by Crippen LogP contribution is 2.30. The normalized spacial score (nSPS) is 21.9. The minimum absolute atomic E-state index is 0.0706. The van der Waals surface area contributed by atoms with Crippen molar-refractivity contribution in [2.45, 2.75) is 29.5 Å². The molecule has 2 aromatic carbocycles. The number of carbonyl (C=O) groups excluding carboxylic acids is 4. The number of hydrogen-bond donors (Lipinski definition) is 1. The minimum Gasteiger partial charge on any atom is -0.293 e. The zero-order chi connectivity index (χ0) is 20.9. The molecule has 0 bridgehead atoms. The SMILES string of the molecule is Cc1ccc(S(=O)(=O)[C@@H]2CC(N3C(=O)c4ccccc4C3=O)C(=O)NC2=O)cc1. The molecule has 0 aromatic heterocycles. The lowest BCUT2D eigenvalue weighted by atomic mass is 10.0. The number of hydrogen-bond acceptors (Lipinski definition) is 6. The van der Waals surface area contributed by atoms with Gasteiger partial charge in [-0.15, -0.1) is 0 Å². The van der Waals surface area contributed by atoms with Crippen LogP contribution in [-0.2, 0) is 19.4 Å². The first-order valence-electron chi connectivity index (χ1n) is 8.84. The molecule has 0 spiro atoms. The van der Waals surface area contributed by atoms with Crippen molar-refractivity contribution < 1.29 is 27.6 Å². The second kappa shape index (κ2) is 6.63. The molecule has 29 heavy (non-hydrogen) atoms. The van der Waals surface area contributed by atoms with Gasteiger partial charge in [0.05, 0.1) is 16.0 Å². The van der Waals surface area contributed by atoms with E-state index in [1.165, 1.54) is 24.3 Å². The highest BCUT2D eigenvalue weighted by atomic mass is 32.2. The molecule has 148 valence electrons. The Kier molecular flexibility index (Phi) is 4.34. The van der Waals surface area contributed by atoms with Crippen molar-refractivity contribution in [2.24, 2.45) is 0 Å². The molecule has 2 aliphatic heterocycles. The van der Waals surface area contributed by atoms with Gasteiger partial charge in [-0.25, -0.2) is 8.42 Å². The van der Waals surface area contributed by atoms with Gasteiger partial charge in [0.1, 0.15) is 11.3 Å². The Hall–Kier alpha value is -3.33. The summed E-state index contributed by atoms with van der Waals surface area (Å²) < 4.78 is 26.0. The molecule has 1 N–H and O–H groups in total. The van der Waals surface area contributed by atoms with Gasteiger partial charge in [0.25, 0.3) is 11.8 Å². The lowest BCUT2D eigenvalue weighted by Gasteiger charge is -2.32. The zero-order valence-electron chi connectivity index (χ0n) is 15.3. The second-order valence-electron chi connectivity index (χ2n) is 6.98. The average Bonchev–Trinajstić information content (AvgIpc) is 2.93. The van der Waals surface area contributed by atoms with Gasteiger partial charge >= 0.3 is 0 Å². The van der Waals surface area contributed by atoms with E-state index in [-0.39, 0.29) is 16.0 Å². The monoisotopic (exact) mass is 412 g/mol. The fraction of sp³-hybridized carbons (Fsp3) is 0.200. The van der Waals surface area contributed by atoms with E-state index >= 15 is 0 Å². The number of carbonyl (C=O) groups is 4. The predicted molar refractivity (Wildman–Crippen MR) is 101 cm³/mol. The molecule has 4 rings (SSSR count). The molecule has 1 unspecified atom stereocenters. The van der Waals surface area contributed by atoms with Crippen LogP contribution in [-0.4, -0.2) is 48.2 Å². The van der Waals surface area contributed by atoms with Crippen LogP contribution < -0.4 is 5.32 Å². The smallest absolute Gasteiger partial charge is 0.262 e. The van der Waals surface area contributed by atoms with Crippen LogP contribution in [0.1, 0.15) is 32.7 Å². The lowest BCUT2D eigenvalue weighted by molar-refractivity contribution is -0.136. The first kappa shape index (κ1) is 19.0. The molecule has 1 saturated heterocycles. The molecule has 8 nitrogen and oxygen atoms in total. The first-order valence-corrected chi connectivity index (χ1v) is 10.4. The predicted octanol–water partition coefficient (Wildman–Crippen LogP) is 0.849. The summed E-state index contributed by atoms with van der Waals surface area (Å²) in [5.41, 5.74) is 1.12. The summed E-state index contributed by atoms with van der Waals surface area (Å²) in [4.78, 5) is 50.8. The van der Waals surface area contributed by atoms with E-state index in [4.69, 9.17) is 0 Å². The van der Waals surface area contributed by atoms with Crippen molar-refractivity contribution >= 4 is 33.5 Å². The molecule has 0 saturated carbocycles. The average molecular weight is 412 g/mol. The molecule has 9 heteroatoms. The maximum Gasteiger partial charge on any atom is 0.262 e. The number of piperidine rings is 1. The van der Waals surface area contributed by atoms with E-state index in [1.54, 1.807) is 31.2 Å². The fourth-order valence-electron chi connectivity index (χ4n) is 3.58. The number of imide groups is 2. The van der Waals surface area contributed by atoms with Crippen LogP contribution in [0.4, 0.5) is 0 Å². The molecule has 2 aliphatic rings. The third-order valence-electron chi connectivity index (χ3n) is 5.14. The Morgan fingerprint density at radius 1 is 0.862 bits per heavy atom. The summed E-state index contributed by atoms with van der Waals surface area (Å²) in [5, 5.41) is 0.409.